The van der Waals surface area contributed by atoms with Crippen LogP contribution in [0.15, 0.2) is 23.6 Å². The number of halogens is 1. The van der Waals surface area contributed by atoms with Gasteiger partial charge in [-0.3, -0.25) is 9.69 Å². The summed E-state index contributed by atoms with van der Waals surface area (Å²) in [6, 6.07) is 4.74. The minimum Gasteiger partial charge on any atom is -0.443 e. The first-order chi connectivity index (χ1) is 14.5. The number of carbonyl (C=O) groups is 2. The van der Waals surface area contributed by atoms with Crippen LogP contribution in [0.5, 0.6) is 0 Å². The van der Waals surface area contributed by atoms with Crippen LogP contribution in [0, 0.1) is 5.82 Å². The van der Waals surface area contributed by atoms with E-state index in [0.717, 1.165) is 0 Å². The molecule has 3 N–H and O–H groups in total. The van der Waals surface area contributed by atoms with E-state index < -0.39 is 11.9 Å². The summed E-state index contributed by atoms with van der Waals surface area (Å²) in [5.74, 6) is -0.577. The quantitative estimate of drug-likeness (QED) is 0.733. The molecule has 0 aliphatic carbocycles. The number of piperazine rings is 1. The molecule has 2 aliphatic rings. The van der Waals surface area contributed by atoms with E-state index in [-0.39, 0.29) is 12.0 Å². The monoisotopic (exact) mass is 434 g/mol. The molecule has 1 aromatic heterocycles. The minimum atomic E-state index is -0.475. The summed E-state index contributed by atoms with van der Waals surface area (Å²) < 4.78 is 20.1. The average molecular weight is 434 g/mol. The molecular formula is C19H23FN6O3S. The number of benzene rings is 1. The fraction of sp³-hybridized carbons (Fsp3) is 0.421. The second-order valence-corrected chi connectivity index (χ2v) is 8.05. The molecule has 0 saturated carbocycles. The van der Waals surface area contributed by atoms with E-state index in [1.54, 1.807) is 29.5 Å². The van der Waals surface area contributed by atoms with Crippen molar-refractivity contribution >= 4 is 39.8 Å². The van der Waals surface area contributed by atoms with Gasteiger partial charge >= 0.3 is 6.09 Å². The van der Waals surface area contributed by atoms with Crippen molar-refractivity contribution in [2.75, 3.05) is 61.8 Å². The molecule has 1 aromatic carbocycles. The molecule has 2 aliphatic heterocycles. The summed E-state index contributed by atoms with van der Waals surface area (Å²) in [5, 5.41) is 4.97. The molecule has 0 spiro atoms. The molecule has 4 rings (SSSR count). The molecular weight excluding hydrogens is 411 g/mol. The number of thiazole rings is 1. The highest BCUT2D eigenvalue weighted by atomic mass is 32.1. The Bertz CT molecular complexity index is 946. The van der Waals surface area contributed by atoms with Crippen LogP contribution >= 0.6 is 11.3 Å². The molecule has 2 fully saturated rings. The lowest BCUT2D eigenvalue weighted by atomic mass is 10.2. The Morgan fingerprint density at radius 2 is 2.13 bits per heavy atom. The second-order valence-electron chi connectivity index (χ2n) is 7.16. The predicted molar refractivity (Wildman–Crippen MR) is 113 cm³/mol. The van der Waals surface area contributed by atoms with Crippen molar-refractivity contribution in [3.63, 3.8) is 0 Å². The third kappa shape index (κ3) is 4.03. The molecule has 2 amide bonds. The van der Waals surface area contributed by atoms with Crippen molar-refractivity contribution in [1.82, 2.24) is 15.2 Å². The number of hydrogen-bond donors (Lipinski definition) is 2. The first kappa shape index (κ1) is 20.4. The second kappa shape index (κ2) is 8.44. The fourth-order valence-electron chi connectivity index (χ4n) is 3.68. The maximum Gasteiger partial charge on any atom is 0.414 e. The molecule has 2 saturated heterocycles. The van der Waals surface area contributed by atoms with Crippen molar-refractivity contribution < 1.29 is 18.7 Å². The number of likely N-dealkylation sites (N-methyl/N-ethyl adjacent to an activating group) is 1. The smallest absolute Gasteiger partial charge is 0.414 e. The number of ether oxygens (including phenoxy) is 1. The van der Waals surface area contributed by atoms with Gasteiger partial charge in [-0.05, 0) is 25.2 Å². The molecule has 30 heavy (non-hydrogen) atoms. The molecule has 1 unspecified atom stereocenters. The number of nitrogen functional groups attached to an aromatic ring is 1. The first-order valence-corrected chi connectivity index (χ1v) is 10.5. The Morgan fingerprint density at radius 3 is 2.77 bits per heavy atom. The third-order valence-corrected chi connectivity index (χ3v) is 5.87. The maximum absolute atomic E-state index is 14.8. The van der Waals surface area contributed by atoms with Gasteiger partial charge in [0, 0.05) is 38.1 Å². The number of nitrogens with two attached hydrogens (primary N) is 1. The summed E-state index contributed by atoms with van der Waals surface area (Å²) >= 11 is 1.23. The number of amides is 2. The fourth-order valence-corrected chi connectivity index (χ4v) is 4.22. The number of aromatic nitrogens is 1. The lowest BCUT2D eigenvalue weighted by Gasteiger charge is -2.36. The maximum atomic E-state index is 14.8. The van der Waals surface area contributed by atoms with Crippen LogP contribution in [0.2, 0.25) is 0 Å². The van der Waals surface area contributed by atoms with Gasteiger partial charge in [0.15, 0.2) is 5.13 Å². The third-order valence-electron chi connectivity index (χ3n) is 5.20. The van der Waals surface area contributed by atoms with Crippen LogP contribution in [0.1, 0.15) is 10.5 Å². The van der Waals surface area contributed by atoms with Gasteiger partial charge in [0.2, 0.25) is 0 Å². The van der Waals surface area contributed by atoms with Crippen LogP contribution in [0.4, 0.5) is 25.7 Å². The van der Waals surface area contributed by atoms with Crippen molar-refractivity contribution in [2.24, 2.45) is 0 Å². The van der Waals surface area contributed by atoms with Crippen molar-refractivity contribution in [3.8, 4) is 0 Å². The number of carbonyl (C=O) groups excluding carboxylic acids is 2. The van der Waals surface area contributed by atoms with E-state index in [1.807, 2.05) is 4.90 Å². The zero-order chi connectivity index (χ0) is 21.3. The molecule has 0 bridgehead atoms. The summed E-state index contributed by atoms with van der Waals surface area (Å²) in [4.78, 5) is 33.6. The van der Waals surface area contributed by atoms with Crippen LogP contribution in [-0.4, -0.2) is 74.3 Å². The summed E-state index contributed by atoms with van der Waals surface area (Å²) in [5.41, 5.74) is 6.86. The van der Waals surface area contributed by atoms with Crippen molar-refractivity contribution in [3.05, 3.63) is 35.1 Å². The van der Waals surface area contributed by atoms with Gasteiger partial charge in [0.1, 0.15) is 17.6 Å². The van der Waals surface area contributed by atoms with Gasteiger partial charge in [-0.25, -0.2) is 14.2 Å². The van der Waals surface area contributed by atoms with Gasteiger partial charge in [0.25, 0.3) is 5.91 Å². The zero-order valence-electron chi connectivity index (χ0n) is 16.5. The topological polar surface area (TPSA) is 104 Å². The molecule has 3 heterocycles. The normalized spacial score (nSPS) is 19.3. The standard InChI is InChI=1S/C19H23FN6O3S/c1-22-9-13-10-26(19(28)29-13)12-2-3-16(14(20)8-12)24-4-6-25(7-5-24)17(27)15-11-30-18(21)23-15/h2-3,8,11,13,22H,4-7,9-10H2,1H3,(H2,21,23). The summed E-state index contributed by atoms with van der Waals surface area (Å²) in [6.45, 7) is 2.83. The minimum absolute atomic E-state index is 0.165. The van der Waals surface area contributed by atoms with Gasteiger partial charge < -0.3 is 25.6 Å². The lowest BCUT2D eigenvalue weighted by molar-refractivity contribution is 0.0741. The predicted octanol–water partition coefficient (Wildman–Crippen LogP) is 1.37. The first-order valence-electron chi connectivity index (χ1n) is 9.64. The Morgan fingerprint density at radius 1 is 1.37 bits per heavy atom. The van der Waals surface area contributed by atoms with Crippen LogP contribution < -0.4 is 20.9 Å². The number of hydrogen-bond acceptors (Lipinski definition) is 8. The molecule has 11 heteroatoms. The lowest BCUT2D eigenvalue weighted by Crippen LogP contribution is -2.49. The Kier molecular flexibility index (Phi) is 5.73. The molecule has 9 nitrogen and oxygen atoms in total. The van der Waals surface area contributed by atoms with Gasteiger partial charge in [-0.1, -0.05) is 0 Å². The summed E-state index contributed by atoms with van der Waals surface area (Å²) in [7, 11) is 1.78. The highest BCUT2D eigenvalue weighted by molar-refractivity contribution is 7.13. The average Bonchev–Trinajstić information content (AvgIpc) is 3.33. The van der Waals surface area contributed by atoms with Gasteiger partial charge in [-0.15, -0.1) is 11.3 Å². The molecule has 160 valence electrons. The van der Waals surface area contributed by atoms with Crippen molar-refractivity contribution in [2.45, 2.75) is 6.10 Å². The largest absolute Gasteiger partial charge is 0.443 e. The number of rotatable bonds is 5. The highest BCUT2D eigenvalue weighted by Gasteiger charge is 2.32. The number of cyclic esters (lactones) is 1. The molecule has 0 radical (unpaired) electrons. The Hall–Kier alpha value is -2.92. The molecule has 2 aromatic rings. The van der Waals surface area contributed by atoms with Crippen molar-refractivity contribution in [1.29, 1.82) is 0 Å². The highest BCUT2D eigenvalue weighted by Crippen LogP contribution is 2.28. The SMILES string of the molecule is CNCC1CN(c2ccc(N3CCN(C(=O)c4csc(N)n4)CC3)c(F)c2)C(=O)O1. The van der Waals surface area contributed by atoms with E-state index in [2.05, 4.69) is 10.3 Å². The number of nitrogens with one attached hydrogen (secondary N) is 1. The molecule has 1 atom stereocenters. The Balaban J connectivity index is 1.40. The van der Waals surface area contributed by atoms with Gasteiger partial charge in [0.05, 0.1) is 17.9 Å². The van der Waals surface area contributed by atoms with E-state index >= 15 is 0 Å². The number of nitrogens with zero attached hydrogens (tertiary/aromatic N) is 4. The van der Waals surface area contributed by atoms with Crippen LogP contribution in [0.25, 0.3) is 0 Å². The van der Waals surface area contributed by atoms with E-state index in [4.69, 9.17) is 10.5 Å². The van der Waals surface area contributed by atoms with Crippen LogP contribution in [0.3, 0.4) is 0 Å². The Labute approximate surface area is 177 Å². The van der Waals surface area contributed by atoms with Crippen LogP contribution in [-0.2, 0) is 4.74 Å². The van der Waals surface area contributed by atoms with E-state index in [1.165, 1.54) is 22.3 Å². The van der Waals surface area contributed by atoms with E-state index in [0.29, 0.717) is 61.5 Å². The van der Waals surface area contributed by atoms with Gasteiger partial charge in [-0.2, -0.15) is 0 Å². The zero-order valence-corrected chi connectivity index (χ0v) is 17.3. The summed E-state index contributed by atoms with van der Waals surface area (Å²) in [6.07, 6.45) is -0.735. The number of anilines is 3. The van der Waals surface area contributed by atoms with E-state index in [9.17, 15) is 14.0 Å².